The van der Waals surface area contributed by atoms with E-state index in [1.54, 1.807) is 6.07 Å². The molecule has 0 aliphatic rings. The normalized spacial score (nSPS) is 12.4. The van der Waals surface area contributed by atoms with E-state index in [4.69, 9.17) is 0 Å². The summed E-state index contributed by atoms with van der Waals surface area (Å²) in [6.45, 7) is 5.74. The molecule has 0 spiro atoms. The molecule has 116 valence electrons. The number of aryl methyl sites for hydroxylation is 1. The maximum Gasteiger partial charge on any atom is 0.326 e. The van der Waals surface area contributed by atoms with Crippen molar-refractivity contribution < 1.29 is 14.7 Å². The third-order valence-corrected chi connectivity index (χ3v) is 3.47. The van der Waals surface area contributed by atoms with Gasteiger partial charge in [0.05, 0.1) is 5.52 Å². The number of rotatable bonds is 5. The molecule has 1 heterocycles. The van der Waals surface area contributed by atoms with Gasteiger partial charge in [-0.25, -0.2) is 9.78 Å². The number of carbonyl (C=O) groups excluding carboxylic acids is 1. The predicted molar refractivity (Wildman–Crippen MR) is 84.8 cm³/mol. The zero-order valence-corrected chi connectivity index (χ0v) is 13.0. The number of nitrogens with one attached hydrogen (secondary N) is 1. The van der Waals surface area contributed by atoms with Gasteiger partial charge in [0.2, 0.25) is 0 Å². The second-order valence-corrected chi connectivity index (χ2v) is 5.84. The molecule has 2 aromatic rings. The highest BCUT2D eigenvalue weighted by Gasteiger charge is 2.22. The summed E-state index contributed by atoms with van der Waals surface area (Å²) in [5.74, 6) is -1.31. The zero-order chi connectivity index (χ0) is 16.3. The molecule has 1 aromatic carbocycles. The molecule has 1 atom stereocenters. The molecule has 1 aromatic heterocycles. The first-order chi connectivity index (χ1) is 10.4. The summed E-state index contributed by atoms with van der Waals surface area (Å²) in [6.07, 6.45) is 0.383. The van der Waals surface area contributed by atoms with Crippen LogP contribution in [0.25, 0.3) is 10.9 Å². The van der Waals surface area contributed by atoms with E-state index in [0.29, 0.717) is 6.42 Å². The highest BCUT2D eigenvalue weighted by molar-refractivity contribution is 5.97. The molecular formula is C17H20N2O3. The number of pyridine rings is 1. The Morgan fingerprint density at radius 3 is 2.59 bits per heavy atom. The van der Waals surface area contributed by atoms with E-state index in [2.05, 4.69) is 10.3 Å². The largest absolute Gasteiger partial charge is 0.480 e. The van der Waals surface area contributed by atoms with Crippen molar-refractivity contribution in [2.75, 3.05) is 0 Å². The summed E-state index contributed by atoms with van der Waals surface area (Å²) < 4.78 is 0. The SMILES string of the molecule is Cc1cc(C(=O)N[C@@H](CC(C)C)C(=O)O)nc2ccccc12. The molecule has 0 saturated heterocycles. The fourth-order valence-corrected chi connectivity index (χ4v) is 2.39. The minimum absolute atomic E-state index is 0.174. The molecule has 0 bridgehead atoms. The number of para-hydroxylation sites is 1. The fraction of sp³-hybridized carbons (Fsp3) is 0.353. The number of aliphatic carboxylic acids is 1. The molecule has 5 heteroatoms. The number of carboxylic acid groups (broad SMARTS) is 1. The Hall–Kier alpha value is -2.43. The average molecular weight is 300 g/mol. The van der Waals surface area contributed by atoms with Gasteiger partial charge in [-0.05, 0) is 37.0 Å². The lowest BCUT2D eigenvalue weighted by atomic mass is 10.0. The van der Waals surface area contributed by atoms with Crippen LogP contribution in [0, 0.1) is 12.8 Å². The van der Waals surface area contributed by atoms with Crippen molar-refractivity contribution in [2.24, 2.45) is 5.92 Å². The van der Waals surface area contributed by atoms with Crippen molar-refractivity contribution >= 4 is 22.8 Å². The van der Waals surface area contributed by atoms with Crippen LogP contribution in [-0.4, -0.2) is 28.0 Å². The van der Waals surface area contributed by atoms with Gasteiger partial charge in [-0.1, -0.05) is 32.0 Å². The van der Waals surface area contributed by atoms with Gasteiger partial charge < -0.3 is 10.4 Å². The summed E-state index contributed by atoms with van der Waals surface area (Å²) in [4.78, 5) is 27.9. The maximum atomic E-state index is 12.3. The zero-order valence-electron chi connectivity index (χ0n) is 13.0. The van der Waals surface area contributed by atoms with Crippen LogP contribution in [0.4, 0.5) is 0 Å². The number of hydrogen-bond donors (Lipinski definition) is 2. The average Bonchev–Trinajstić information content (AvgIpc) is 2.45. The van der Waals surface area contributed by atoms with Crippen molar-refractivity contribution in [3.63, 3.8) is 0 Å². The quantitative estimate of drug-likeness (QED) is 0.890. The van der Waals surface area contributed by atoms with Crippen molar-refractivity contribution in [1.29, 1.82) is 0 Å². The van der Waals surface area contributed by atoms with Gasteiger partial charge in [0.25, 0.3) is 5.91 Å². The van der Waals surface area contributed by atoms with E-state index < -0.39 is 17.9 Å². The Morgan fingerprint density at radius 1 is 1.27 bits per heavy atom. The molecule has 2 rings (SSSR count). The third-order valence-electron chi connectivity index (χ3n) is 3.47. The number of hydrogen-bond acceptors (Lipinski definition) is 3. The van der Waals surface area contributed by atoms with Crippen LogP contribution in [0.1, 0.15) is 36.3 Å². The molecule has 0 saturated carbocycles. The molecule has 0 aliphatic carbocycles. The van der Waals surface area contributed by atoms with Crippen LogP contribution in [0.3, 0.4) is 0 Å². The Morgan fingerprint density at radius 2 is 1.95 bits per heavy atom. The Bertz CT molecular complexity index is 710. The molecule has 1 amide bonds. The highest BCUT2D eigenvalue weighted by atomic mass is 16.4. The van der Waals surface area contributed by atoms with Crippen molar-refractivity contribution in [2.45, 2.75) is 33.2 Å². The minimum Gasteiger partial charge on any atom is -0.480 e. The lowest BCUT2D eigenvalue weighted by Gasteiger charge is -2.16. The van der Waals surface area contributed by atoms with Gasteiger partial charge in [-0.3, -0.25) is 4.79 Å². The van der Waals surface area contributed by atoms with Gasteiger partial charge in [-0.15, -0.1) is 0 Å². The van der Waals surface area contributed by atoms with E-state index in [1.807, 2.05) is 45.0 Å². The van der Waals surface area contributed by atoms with Gasteiger partial charge in [-0.2, -0.15) is 0 Å². The van der Waals surface area contributed by atoms with Crippen molar-refractivity contribution in [3.05, 3.63) is 41.6 Å². The Balaban J connectivity index is 2.27. The summed E-state index contributed by atoms with van der Waals surface area (Å²) in [7, 11) is 0. The van der Waals surface area contributed by atoms with Crippen LogP contribution in [0.2, 0.25) is 0 Å². The second kappa shape index (κ2) is 6.56. The smallest absolute Gasteiger partial charge is 0.326 e. The Kier molecular flexibility index (Phi) is 4.75. The van der Waals surface area contributed by atoms with Gasteiger partial charge in [0.1, 0.15) is 11.7 Å². The van der Waals surface area contributed by atoms with Crippen LogP contribution < -0.4 is 5.32 Å². The lowest BCUT2D eigenvalue weighted by Crippen LogP contribution is -2.41. The van der Waals surface area contributed by atoms with Crippen molar-refractivity contribution in [1.82, 2.24) is 10.3 Å². The lowest BCUT2D eigenvalue weighted by molar-refractivity contribution is -0.139. The topological polar surface area (TPSA) is 79.3 Å². The van der Waals surface area contributed by atoms with E-state index in [1.165, 1.54) is 0 Å². The molecule has 22 heavy (non-hydrogen) atoms. The number of aromatic nitrogens is 1. The van der Waals surface area contributed by atoms with Gasteiger partial charge in [0.15, 0.2) is 0 Å². The van der Waals surface area contributed by atoms with E-state index in [-0.39, 0.29) is 11.6 Å². The summed E-state index contributed by atoms with van der Waals surface area (Å²) in [5, 5.41) is 12.7. The van der Waals surface area contributed by atoms with E-state index in [9.17, 15) is 14.7 Å². The number of benzene rings is 1. The summed E-state index contributed by atoms with van der Waals surface area (Å²) >= 11 is 0. The van der Waals surface area contributed by atoms with Crippen LogP contribution in [-0.2, 0) is 4.79 Å². The van der Waals surface area contributed by atoms with Crippen molar-refractivity contribution in [3.8, 4) is 0 Å². The van der Waals surface area contributed by atoms with E-state index >= 15 is 0 Å². The molecule has 2 N–H and O–H groups in total. The minimum atomic E-state index is -1.03. The maximum absolute atomic E-state index is 12.3. The number of carbonyl (C=O) groups is 2. The molecule has 0 unspecified atom stereocenters. The first-order valence-electron chi connectivity index (χ1n) is 7.28. The fourth-order valence-electron chi connectivity index (χ4n) is 2.39. The van der Waals surface area contributed by atoms with Gasteiger partial charge >= 0.3 is 5.97 Å². The molecule has 0 aliphatic heterocycles. The Labute approximate surface area is 129 Å². The van der Waals surface area contributed by atoms with Crippen LogP contribution in [0.5, 0.6) is 0 Å². The first kappa shape index (κ1) is 15.9. The first-order valence-corrected chi connectivity index (χ1v) is 7.28. The predicted octanol–water partition coefficient (Wildman–Crippen LogP) is 2.77. The monoisotopic (exact) mass is 300 g/mol. The molecule has 0 fully saturated rings. The standard InChI is InChI=1S/C17H20N2O3/c1-10(2)8-15(17(21)22)19-16(20)14-9-11(3)12-6-4-5-7-13(12)18-14/h4-7,9-10,15H,8H2,1-3H3,(H,19,20)(H,21,22)/t15-/m0/s1. The third kappa shape index (κ3) is 3.61. The molecule has 5 nitrogen and oxygen atoms in total. The molecular weight excluding hydrogens is 280 g/mol. The van der Waals surface area contributed by atoms with Crippen LogP contribution in [0.15, 0.2) is 30.3 Å². The van der Waals surface area contributed by atoms with Crippen LogP contribution >= 0.6 is 0 Å². The number of amides is 1. The summed E-state index contributed by atoms with van der Waals surface area (Å²) in [5.41, 5.74) is 1.90. The van der Waals surface area contributed by atoms with E-state index in [0.717, 1.165) is 16.5 Å². The number of fused-ring (bicyclic) bond motifs is 1. The number of nitrogens with zero attached hydrogens (tertiary/aromatic N) is 1. The second-order valence-electron chi connectivity index (χ2n) is 5.84. The summed E-state index contributed by atoms with van der Waals surface area (Å²) in [6, 6.07) is 8.34. The molecule has 0 radical (unpaired) electrons. The highest BCUT2D eigenvalue weighted by Crippen LogP contribution is 2.17. The van der Waals surface area contributed by atoms with Gasteiger partial charge in [0, 0.05) is 5.39 Å². The number of carboxylic acids is 1.